The first-order valence-electron chi connectivity index (χ1n) is 9.66. The number of nitrogens with one attached hydrogen (secondary N) is 2. The van der Waals surface area contributed by atoms with Crippen molar-refractivity contribution >= 4 is 39.1 Å². The molecule has 162 valence electrons. The predicted molar refractivity (Wildman–Crippen MR) is 109 cm³/mol. The van der Waals surface area contributed by atoms with E-state index in [4.69, 9.17) is 32.7 Å². The maximum absolute atomic E-state index is 12.9. The number of rotatable bonds is 7. The van der Waals surface area contributed by atoms with Gasteiger partial charge in [0.1, 0.15) is 18.0 Å². The van der Waals surface area contributed by atoms with E-state index in [1.807, 2.05) is 0 Å². The molecule has 1 aromatic carbocycles. The number of hydrogen-bond acceptors (Lipinski definition) is 5. The Morgan fingerprint density at radius 2 is 1.72 bits per heavy atom. The Morgan fingerprint density at radius 3 is 2.41 bits per heavy atom. The first-order valence-corrected chi connectivity index (χ1v) is 11.9. The minimum atomic E-state index is -3.84. The van der Waals surface area contributed by atoms with Gasteiger partial charge in [0.25, 0.3) is 5.91 Å². The number of halogens is 2. The van der Waals surface area contributed by atoms with Crippen LogP contribution >= 0.6 is 23.2 Å². The van der Waals surface area contributed by atoms with Crippen LogP contribution in [0.3, 0.4) is 0 Å². The van der Waals surface area contributed by atoms with Gasteiger partial charge in [-0.25, -0.2) is 8.42 Å². The molecule has 2 heterocycles. The summed E-state index contributed by atoms with van der Waals surface area (Å²) in [4.78, 5) is 13.9. The topological polar surface area (TPSA) is 89.4 Å². The zero-order valence-electron chi connectivity index (χ0n) is 16.1. The second-order valence-electron chi connectivity index (χ2n) is 7.00. The minimum Gasteiger partial charge on any atom is -0.379 e. The smallest absolute Gasteiger partial charge is 0.252 e. The van der Waals surface area contributed by atoms with Gasteiger partial charge in [0.05, 0.1) is 48.6 Å². The maximum atomic E-state index is 12.9. The highest BCUT2D eigenvalue weighted by molar-refractivity contribution is 7.89. The highest BCUT2D eigenvalue weighted by Crippen LogP contribution is 2.31. The standard InChI is InChI=1S/C18H25Cl2N3O5S/c19-15-13-16(20)17(29(25,26)23-6-10-28-11-7-23)12-14(15)18(24)21-2-1-3-22-4-8-27-9-5-22/h12-13H,1-11H2,(H,21,24)/p+1. The molecule has 2 fully saturated rings. The lowest BCUT2D eigenvalue weighted by Gasteiger charge is -2.26. The van der Waals surface area contributed by atoms with E-state index in [1.165, 1.54) is 21.3 Å². The number of sulfonamides is 1. The van der Waals surface area contributed by atoms with Gasteiger partial charge in [-0.05, 0) is 12.1 Å². The van der Waals surface area contributed by atoms with Crippen molar-refractivity contribution < 1.29 is 27.6 Å². The van der Waals surface area contributed by atoms with Crippen LogP contribution in [0.2, 0.25) is 10.0 Å². The van der Waals surface area contributed by atoms with Crippen LogP contribution in [-0.4, -0.2) is 84.3 Å². The predicted octanol–water partition coefficient (Wildman–Crippen LogP) is 0.0493. The van der Waals surface area contributed by atoms with Gasteiger partial charge < -0.3 is 19.7 Å². The van der Waals surface area contributed by atoms with Crippen molar-refractivity contribution in [2.75, 3.05) is 65.7 Å². The number of quaternary nitrogens is 1. The summed E-state index contributed by atoms with van der Waals surface area (Å²) in [5, 5.41) is 2.93. The summed E-state index contributed by atoms with van der Waals surface area (Å²) in [7, 11) is -3.84. The minimum absolute atomic E-state index is 0.00559. The molecule has 2 N–H and O–H groups in total. The molecule has 0 bridgehead atoms. The fourth-order valence-electron chi connectivity index (χ4n) is 3.37. The van der Waals surface area contributed by atoms with Crippen molar-refractivity contribution in [3.8, 4) is 0 Å². The zero-order valence-corrected chi connectivity index (χ0v) is 18.4. The Hall–Kier alpha value is -0.940. The van der Waals surface area contributed by atoms with E-state index >= 15 is 0 Å². The SMILES string of the molecule is O=C(NCCC[NH+]1CCOCC1)c1cc(S(=O)(=O)N2CCOCC2)c(Cl)cc1Cl. The summed E-state index contributed by atoms with van der Waals surface area (Å²) in [5.41, 5.74) is 0.0987. The fourth-order valence-corrected chi connectivity index (χ4v) is 5.61. The molecule has 1 amide bonds. The van der Waals surface area contributed by atoms with Crippen LogP contribution in [0, 0.1) is 0 Å². The second kappa shape index (κ2) is 10.4. The third kappa shape index (κ3) is 5.81. The third-order valence-electron chi connectivity index (χ3n) is 5.05. The molecule has 2 aliphatic heterocycles. The zero-order chi connectivity index (χ0) is 20.9. The monoisotopic (exact) mass is 466 g/mol. The molecule has 0 aromatic heterocycles. The van der Waals surface area contributed by atoms with E-state index in [9.17, 15) is 13.2 Å². The van der Waals surface area contributed by atoms with Gasteiger partial charge in [0, 0.05) is 26.1 Å². The van der Waals surface area contributed by atoms with Crippen molar-refractivity contribution in [1.82, 2.24) is 9.62 Å². The molecule has 2 aliphatic rings. The molecule has 0 radical (unpaired) electrons. The molecule has 29 heavy (non-hydrogen) atoms. The molecule has 0 saturated carbocycles. The van der Waals surface area contributed by atoms with E-state index in [-0.39, 0.29) is 33.6 Å². The van der Waals surface area contributed by atoms with Crippen molar-refractivity contribution in [3.63, 3.8) is 0 Å². The second-order valence-corrected chi connectivity index (χ2v) is 9.72. The Kier molecular flexibility index (Phi) is 8.15. The van der Waals surface area contributed by atoms with Gasteiger partial charge in [0.15, 0.2) is 0 Å². The number of amides is 1. The van der Waals surface area contributed by atoms with Gasteiger partial charge in [-0.15, -0.1) is 0 Å². The normalized spacial score (nSPS) is 19.2. The number of morpholine rings is 2. The first-order chi connectivity index (χ1) is 13.9. The van der Waals surface area contributed by atoms with Crippen molar-refractivity contribution in [2.24, 2.45) is 0 Å². The van der Waals surface area contributed by atoms with Crippen LogP contribution in [0.15, 0.2) is 17.0 Å². The Labute approximate surface area is 181 Å². The molecule has 0 spiro atoms. The van der Waals surface area contributed by atoms with Crippen molar-refractivity contribution in [3.05, 3.63) is 27.7 Å². The Morgan fingerprint density at radius 1 is 1.07 bits per heavy atom. The van der Waals surface area contributed by atoms with Crippen LogP contribution in [0.4, 0.5) is 0 Å². The van der Waals surface area contributed by atoms with Gasteiger partial charge in [-0.3, -0.25) is 4.79 Å². The van der Waals surface area contributed by atoms with E-state index in [0.29, 0.717) is 19.8 Å². The van der Waals surface area contributed by atoms with Crippen LogP contribution in [0.25, 0.3) is 0 Å². The van der Waals surface area contributed by atoms with E-state index in [0.717, 1.165) is 39.3 Å². The average Bonchev–Trinajstić information content (AvgIpc) is 2.72. The van der Waals surface area contributed by atoms with Crippen LogP contribution in [0.5, 0.6) is 0 Å². The number of hydrogen-bond donors (Lipinski definition) is 2. The Bertz CT molecular complexity index is 825. The van der Waals surface area contributed by atoms with Crippen LogP contribution in [-0.2, 0) is 19.5 Å². The number of ether oxygens (including phenoxy) is 2. The van der Waals surface area contributed by atoms with Crippen LogP contribution in [0.1, 0.15) is 16.8 Å². The molecule has 0 atom stereocenters. The van der Waals surface area contributed by atoms with Crippen molar-refractivity contribution in [1.29, 1.82) is 0 Å². The van der Waals surface area contributed by atoms with Gasteiger partial charge in [0.2, 0.25) is 10.0 Å². The van der Waals surface area contributed by atoms with Crippen molar-refractivity contribution in [2.45, 2.75) is 11.3 Å². The molecular weight excluding hydrogens is 441 g/mol. The molecule has 0 aliphatic carbocycles. The molecular formula is C18H26Cl2N3O5S+. The molecule has 2 saturated heterocycles. The highest BCUT2D eigenvalue weighted by Gasteiger charge is 2.30. The molecule has 8 nitrogen and oxygen atoms in total. The number of benzene rings is 1. The Balaban J connectivity index is 1.65. The largest absolute Gasteiger partial charge is 0.379 e. The quantitative estimate of drug-likeness (QED) is 0.554. The molecule has 11 heteroatoms. The summed E-state index contributed by atoms with van der Waals surface area (Å²) < 4.78 is 37.7. The summed E-state index contributed by atoms with van der Waals surface area (Å²) in [5.74, 6) is -0.415. The highest BCUT2D eigenvalue weighted by atomic mass is 35.5. The summed E-state index contributed by atoms with van der Waals surface area (Å²) in [6, 6.07) is 2.57. The summed E-state index contributed by atoms with van der Waals surface area (Å²) >= 11 is 12.3. The van der Waals surface area contributed by atoms with Gasteiger partial charge in [-0.1, -0.05) is 23.2 Å². The number of carbonyl (C=O) groups is 1. The summed E-state index contributed by atoms with van der Waals surface area (Å²) in [6.45, 7) is 6.03. The lowest BCUT2D eigenvalue weighted by molar-refractivity contribution is -0.908. The molecule has 1 aromatic rings. The van der Waals surface area contributed by atoms with E-state index in [1.54, 1.807) is 0 Å². The maximum Gasteiger partial charge on any atom is 0.252 e. The van der Waals surface area contributed by atoms with Crippen LogP contribution < -0.4 is 10.2 Å². The fraction of sp³-hybridized carbons (Fsp3) is 0.611. The lowest BCUT2D eigenvalue weighted by atomic mass is 10.2. The average molecular weight is 467 g/mol. The van der Waals surface area contributed by atoms with E-state index in [2.05, 4.69) is 5.32 Å². The molecule has 0 unspecified atom stereocenters. The third-order valence-corrected chi connectivity index (χ3v) is 7.72. The summed E-state index contributed by atoms with van der Waals surface area (Å²) in [6.07, 6.45) is 0.811. The van der Waals surface area contributed by atoms with Gasteiger partial charge >= 0.3 is 0 Å². The number of nitrogens with zero attached hydrogens (tertiary/aromatic N) is 1. The van der Waals surface area contributed by atoms with Gasteiger partial charge in [-0.2, -0.15) is 4.31 Å². The van der Waals surface area contributed by atoms with E-state index < -0.39 is 15.9 Å². The first kappa shape index (κ1) is 22.7. The molecule has 3 rings (SSSR count). The number of carbonyl (C=O) groups excluding carboxylic acids is 1. The lowest BCUT2D eigenvalue weighted by Crippen LogP contribution is -3.14.